The minimum Gasteiger partial charge on any atom is -0.494 e. The largest absolute Gasteiger partial charge is 0.494 e. The SMILES string of the molecule is COc1cc(N2CCN(C)CC2)ccc1Nc1cc(Nc2ccc(S(C)(=O)=O)cc2)ccn1. The first-order valence-corrected chi connectivity index (χ1v) is 12.6. The van der Waals surface area contributed by atoms with Gasteiger partial charge in [-0.15, -0.1) is 0 Å². The Labute approximate surface area is 195 Å². The number of piperazine rings is 1. The van der Waals surface area contributed by atoms with Crippen LogP contribution in [-0.2, 0) is 9.84 Å². The number of likely N-dealkylation sites (N-methyl/N-ethyl adjacent to an activating group) is 1. The smallest absolute Gasteiger partial charge is 0.175 e. The molecular weight excluding hydrogens is 438 g/mol. The summed E-state index contributed by atoms with van der Waals surface area (Å²) in [7, 11) is 0.593. The lowest BCUT2D eigenvalue weighted by atomic mass is 10.2. The maximum absolute atomic E-state index is 11.6. The van der Waals surface area contributed by atoms with Crippen molar-refractivity contribution in [1.82, 2.24) is 9.88 Å². The van der Waals surface area contributed by atoms with Crippen LogP contribution in [0.1, 0.15) is 0 Å². The van der Waals surface area contributed by atoms with Gasteiger partial charge in [0.05, 0.1) is 17.7 Å². The Morgan fingerprint density at radius 1 is 0.909 bits per heavy atom. The van der Waals surface area contributed by atoms with Crippen LogP contribution in [0.25, 0.3) is 0 Å². The molecule has 2 aromatic carbocycles. The molecular formula is C24H29N5O3S. The lowest BCUT2D eigenvalue weighted by Crippen LogP contribution is -2.44. The maximum Gasteiger partial charge on any atom is 0.175 e. The van der Waals surface area contributed by atoms with Gasteiger partial charge in [0.1, 0.15) is 11.6 Å². The van der Waals surface area contributed by atoms with Gasteiger partial charge in [0, 0.05) is 67.8 Å². The first-order valence-electron chi connectivity index (χ1n) is 10.7. The summed E-state index contributed by atoms with van der Waals surface area (Å²) in [5.41, 5.74) is 3.59. The van der Waals surface area contributed by atoms with Gasteiger partial charge in [-0.05, 0) is 49.5 Å². The zero-order chi connectivity index (χ0) is 23.4. The second-order valence-electron chi connectivity index (χ2n) is 8.15. The van der Waals surface area contributed by atoms with Crippen molar-refractivity contribution in [1.29, 1.82) is 0 Å². The van der Waals surface area contributed by atoms with Gasteiger partial charge in [-0.2, -0.15) is 0 Å². The molecule has 33 heavy (non-hydrogen) atoms. The van der Waals surface area contributed by atoms with Crippen molar-refractivity contribution in [2.75, 3.05) is 62.1 Å². The Morgan fingerprint density at radius 2 is 1.64 bits per heavy atom. The molecule has 0 amide bonds. The van der Waals surface area contributed by atoms with Crippen molar-refractivity contribution in [2.45, 2.75) is 4.90 Å². The van der Waals surface area contributed by atoms with Crippen molar-refractivity contribution in [3.8, 4) is 5.75 Å². The number of pyridine rings is 1. The molecule has 0 unspecified atom stereocenters. The molecule has 0 bridgehead atoms. The number of hydrogen-bond acceptors (Lipinski definition) is 8. The van der Waals surface area contributed by atoms with Crippen molar-refractivity contribution < 1.29 is 13.2 Å². The number of methoxy groups -OCH3 is 1. The molecule has 8 nitrogen and oxygen atoms in total. The molecule has 1 aliphatic heterocycles. The fourth-order valence-electron chi connectivity index (χ4n) is 3.71. The minimum absolute atomic E-state index is 0.289. The van der Waals surface area contributed by atoms with Gasteiger partial charge in [0.15, 0.2) is 9.84 Å². The standard InChI is InChI=1S/C24H29N5O3S/c1-28-12-14-29(15-13-28)20-6-9-22(23(17-20)32-2)27-24-16-19(10-11-25-24)26-18-4-7-21(8-5-18)33(3,30)31/h4-11,16-17H,12-15H2,1-3H3,(H2,25,26,27). The maximum atomic E-state index is 11.6. The molecule has 0 spiro atoms. The third-order valence-electron chi connectivity index (χ3n) is 5.65. The van der Waals surface area contributed by atoms with E-state index >= 15 is 0 Å². The molecule has 9 heteroatoms. The number of nitrogens with zero attached hydrogens (tertiary/aromatic N) is 3. The second-order valence-corrected chi connectivity index (χ2v) is 10.2. The van der Waals surface area contributed by atoms with Gasteiger partial charge in [-0.3, -0.25) is 0 Å². The van der Waals surface area contributed by atoms with E-state index in [-0.39, 0.29) is 4.90 Å². The first-order chi connectivity index (χ1) is 15.8. The first kappa shape index (κ1) is 22.9. The number of benzene rings is 2. The van der Waals surface area contributed by atoms with E-state index in [1.807, 2.05) is 18.2 Å². The lowest BCUT2D eigenvalue weighted by Gasteiger charge is -2.34. The minimum atomic E-state index is -3.22. The molecule has 1 aliphatic rings. The average Bonchev–Trinajstić information content (AvgIpc) is 2.80. The Morgan fingerprint density at radius 3 is 2.30 bits per heavy atom. The van der Waals surface area contributed by atoms with Crippen LogP contribution in [0, 0.1) is 0 Å². The van der Waals surface area contributed by atoms with E-state index in [1.165, 1.54) is 6.26 Å². The predicted molar refractivity (Wildman–Crippen MR) is 133 cm³/mol. The van der Waals surface area contributed by atoms with Gasteiger partial charge >= 0.3 is 0 Å². The van der Waals surface area contributed by atoms with Crippen molar-refractivity contribution in [2.24, 2.45) is 0 Å². The van der Waals surface area contributed by atoms with E-state index in [2.05, 4.69) is 44.6 Å². The van der Waals surface area contributed by atoms with Crippen molar-refractivity contribution in [3.63, 3.8) is 0 Å². The van der Waals surface area contributed by atoms with Crippen LogP contribution in [0.5, 0.6) is 5.75 Å². The number of nitrogens with one attached hydrogen (secondary N) is 2. The van der Waals surface area contributed by atoms with Crippen LogP contribution in [0.15, 0.2) is 65.7 Å². The van der Waals surface area contributed by atoms with Crippen LogP contribution in [0.3, 0.4) is 0 Å². The molecule has 174 valence electrons. The van der Waals surface area contributed by atoms with Crippen molar-refractivity contribution in [3.05, 3.63) is 60.8 Å². The molecule has 1 saturated heterocycles. The molecule has 2 N–H and O–H groups in total. The van der Waals surface area contributed by atoms with E-state index in [1.54, 1.807) is 37.6 Å². The molecule has 0 aliphatic carbocycles. The molecule has 4 rings (SSSR count). The van der Waals surface area contributed by atoms with Crippen molar-refractivity contribution >= 4 is 38.4 Å². The van der Waals surface area contributed by atoms with Crippen LogP contribution >= 0.6 is 0 Å². The third kappa shape index (κ3) is 5.74. The zero-order valence-electron chi connectivity index (χ0n) is 19.1. The van der Waals surface area contributed by atoms with Gasteiger partial charge < -0.3 is 25.2 Å². The highest BCUT2D eigenvalue weighted by Gasteiger charge is 2.16. The van der Waals surface area contributed by atoms with Gasteiger partial charge in [0.25, 0.3) is 0 Å². The summed E-state index contributed by atoms with van der Waals surface area (Å²) in [6.07, 6.45) is 2.91. The topological polar surface area (TPSA) is 86.8 Å². The third-order valence-corrected chi connectivity index (χ3v) is 6.78. The molecule has 0 radical (unpaired) electrons. The quantitative estimate of drug-likeness (QED) is 0.544. The summed E-state index contributed by atoms with van der Waals surface area (Å²) in [4.78, 5) is 9.40. The van der Waals surface area contributed by atoms with Gasteiger partial charge in [0.2, 0.25) is 0 Å². The predicted octanol–water partition coefficient (Wildman–Crippen LogP) is 3.73. The summed E-state index contributed by atoms with van der Waals surface area (Å²) >= 11 is 0. The van der Waals surface area contributed by atoms with Crippen LogP contribution < -0.4 is 20.3 Å². The number of aromatic nitrogens is 1. The zero-order valence-corrected chi connectivity index (χ0v) is 19.9. The monoisotopic (exact) mass is 467 g/mol. The number of rotatable bonds is 7. The lowest BCUT2D eigenvalue weighted by molar-refractivity contribution is 0.312. The summed E-state index contributed by atoms with van der Waals surface area (Å²) in [6, 6.07) is 16.6. The Kier molecular flexibility index (Phi) is 6.71. The van der Waals surface area contributed by atoms with E-state index in [0.29, 0.717) is 5.82 Å². The van der Waals surface area contributed by atoms with E-state index < -0.39 is 9.84 Å². The summed E-state index contributed by atoms with van der Waals surface area (Å²) in [6.45, 7) is 4.08. The summed E-state index contributed by atoms with van der Waals surface area (Å²) in [5, 5.41) is 6.61. The highest BCUT2D eigenvalue weighted by molar-refractivity contribution is 7.90. The fourth-order valence-corrected chi connectivity index (χ4v) is 4.34. The van der Waals surface area contributed by atoms with E-state index in [9.17, 15) is 8.42 Å². The number of hydrogen-bond donors (Lipinski definition) is 2. The highest BCUT2D eigenvalue weighted by atomic mass is 32.2. The molecule has 0 saturated carbocycles. The van der Waals surface area contributed by atoms with Crippen LogP contribution in [0.4, 0.5) is 28.6 Å². The van der Waals surface area contributed by atoms with E-state index in [4.69, 9.17) is 4.74 Å². The molecule has 0 atom stereocenters. The average molecular weight is 468 g/mol. The van der Waals surface area contributed by atoms with Gasteiger partial charge in [-0.25, -0.2) is 13.4 Å². The number of ether oxygens (including phenoxy) is 1. The molecule has 3 aromatic rings. The Hall–Kier alpha value is -3.30. The summed E-state index contributed by atoms with van der Waals surface area (Å²) < 4.78 is 28.9. The number of sulfone groups is 1. The highest BCUT2D eigenvalue weighted by Crippen LogP contribution is 2.32. The van der Waals surface area contributed by atoms with Crippen LogP contribution in [-0.4, -0.2) is 64.9 Å². The fraction of sp³-hybridized carbons (Fsp3) is 0.292. The molecule has 1 fully saturated rings. The van der Waals surface area contributed by atoms with Crippen LogP contribution in [0.2, 0.25) is 0 Å². The second kappa shape index (κ2) is 9.68. The van der Waals surface area contributed by atoms with E-state index in [0.717, 1.165) is 54.7 Å². The summed E-state index contributed by atoms with van der Waals surface area (Å²) in [5.74, 6) is 1.42. The number of anilines is 5. The molecule has 2 heterocycles. The van der Waals surface area contributed by atoms with Gasteiger partial charge in [-0.1, -0.05) is 0 Å². The molecule has 1 aromatic heterocycles. The normalized spacial score (nSPS) is 14.7. The Bertz CT molecular complexity index is 1210. The Balaban J connectivity index is 1.47.